The Balaban J connectivity index is 1.28. The third-order valence-corrected chi connectivity index (χ3v) is 8.37. The second-order valence-electron chi connectivity index (χ2n) is 8.86. The third-order valence-electron chi connectivity index (χ3n) is 6.21. The van der Waals surface area contributed by atoms with Gasteiger partial charge in [0, 0.05) is 36.1 Å². The van der Waals surface area contributed by atoms with Gasteiger partial charge in [-0.2, -0.15) is 4.98 Å². The minimum Gasteiger partial charge on any atom is -0.362 e. The highest BCUT2D eigenvalue weighted by Crippen LogP contribution is 2.29. The highest BCUT2D eigenvalue weighted by molar-refractivity contribution is 14.1. The lowest BCUT2D eigenvalue weighted by Crippen LogP contribution is -2.32. The van der Waals surface area contributed by atoms with E-state index in [0.29, 0.717) is 29.2 Å². The number of nitrogens with one attached hydrogen (secondary N) is 2. The van der Waals surface area contributed by atoms with Crippen LogP contribution in [-0.2, 0) is 10.0 Å². The Kier molecular flexibility index (Phi) is 7.70. The van der Waals surface area contributed by atoms with E-state index in [2.05, 4.69) is 37.6 Å². The van der Waals surface area contributed by atoms with Crippen molar-refractivity contribution in [1.29, 1.82) is 0 Å². The van der Waals surface area contributed by atoms with Crippen molar-refractivity contribution in [2.24, 2.45) is 11.8 Å². The first-order valence-corrected chi connectivity index (χ1v) is 13.8. The molecule has 2 aromatic carbocycles. The first-order chi connectivity index (χ1) is 15.8. The van der Waals surface area contributed by atoms with Gasteiger partial charge >= 0.3 is 0 Å². The molecular formula is C24H30IN5O2S. The second kappa shape index (κ2) is 10.5. The smallest absolute Gasteiger partial charge is 0.240 e. The molecule has 0 unspecified atom stereocenters. The zero-order valence-electron chi connectivity index (χ0n) is 19.0. The van der Waals surface area contributed by atoms with Crippen molar-refractivity contribution in [3.8, 4) is 0 Å². The first kappa shape index (κ1) is 24.2. The Labute approximate surface area is 209 Å². The van der Waals surface area contributed by atoms with Crippen molar-refractivity contribution < 1.29 is 8.42 Å². The van der Waals surface area contributed by atoms with Gasteiger partial charge in [-0.1, -0.05) is 12.1 Å². The van der Waals surface area contributed by atoms with E-state index in [1.807, 2.05) is 55.4 Å². The van der Waals surface area contributed by atoms with Crippen LogP contribution < -0.4 is 14.9 Å². The van der Waals surface area contributed by atoms with Gasteiger partial charge in [0.1, 0.15) is 5.82 Å². The summed E-state index contributed by atoms with van der Waals surface area (Å²) in [6, 6.07) is 15.0. The largest absolute Gasteiger partial charge is 0.362 e. The predicted molar refractivity (Wildman–Crippen MR) is 142 cm³/mol. The standard InChI is InChI=1S/C24H30IN5O2S/c1-30(2)23-21-5-3-4-6-22(21)28-24(29-23)26-15-17-7-9-18(10-8-17)16-27-33(31,32)20-13-11-19(25)12-14-20/h3-6,11-14,17-18,27H,7-10,15-16H2,1-2H3,(H,26,28,29)/t17-,18-. The fourth-order valence-corrected chi connectivity index (χ4v) is 5.76. The van der Waals surface area contributed by atoms with E-state index >= 15 is 0 Å². The summed E-state index contributed by atoms with van der Waals surface area (Å²) in [5.74, 6) is 2.47. The molecule has 7 nitrogen and oxygen atoms in total. The van der Waals surface area contributed by atoms with Gasteiger partial charge in [-0.25, -0.2) is 18.1 Å². The van der Waals surface area contributed by atoms with Gasteiger partial charge in [-0.05, 0) is 96.5 Å². The summed E-state index contributed by atoms with van der Waals surface area (Å²) in [6.45, 7) is 1.32. The van der Waals surface area contributed by atoms with Crippen LogP contribution in [0.2, 0.25) is 0 Å². The van der Waals surface area contributed by atoms with Gasteiger partial charge < -0.3 is 10.2 Å². The molecule has 1 heterocycles. The number of para-hydroxylation sites is 1. The van der Waals surface area contributed by atoms with Crippen LogP contribution in [0.1, 0.15) is 25.7 Å². The number of benzene rings is 2. The van der Waals surface area contributed by atoms with E-state index in [1.165, 1.54) is 0 Å². The molecule has 0 amide bonds. The maximum atomic E-state index is 12.5. The van der Waals surface area contributed by atoms with Crippen LogP contribution in [0.25, 0.3) is 10.9 Å². The quantitative estimate of drug-likeness (QED) is 0.383. The molecule has 33 heavy (non-hydrogen) atoms. The molecule has 9 heteroatoms. The first-order valence-electron chi connectivity index (χ1n) is 11.2. The number of hydrogen-bond donors (Lipinski definition) is 2. The molecule has 176 valence electrons. The second-order valence-corrected chi connectivity index (χ2v) is 11.9. The molecule has 1 aliphatic carbocycles. The SMILES string of the molecule is CN(C)c1nc(NC[C@H]2CC[C@H](CNS(=O)(=O)c3ccc(I)cc3)CC2)nc2ccccc12. The zero-order chi connectivity index (χ0) is 23.4. The number of hydrogen-bond acceptors (Lipinski definition) is 6. The maximum Gasteiger partial charge on any atom is 0.240 e. The average Bonchev–Trinajstić information content (AvgIpc) is 2.82. The monoisotopic (exact) mass is 579 g/mol. The van der Waals surface area contributed by atoms with E-state index in [0.717, 1.165) is 52.5 Å². The number of fused-ring (bicyclic) bond motifs is 1. The van der Waals surface area contributed by atoms with Gasteiger partial charge in [-0.3, -0.25) is 0 Å². The Morgan fingerprint density at radius 2 is 1.58 bits per heavy atom. The maximum absolute atomic E-state index is 12.5. The number of anilines is 2. The molecule has 2 N–H and O–H groups in total. The summed E-state index contributed by atoms with van der Waals surface area (Å²) in [4.78, 5) is 11.7. The van der Waals surface area contributed by atoms with Crippen LogP contribution >= 0.6 is 22.6 Å². The molecule has 1 saturated carbocycles. The van der Waals surface area contributed by atoms with Crippen LogP contribution in [0.4, 0.5) is 11.8 Å². The van der Waals surface area contributed by atoms with Crippen molar-refractivity contribution >= 4 is 55.3 Å². The molecule has 0 atom stereocenters. The molecule has 0 spiro atoms. The van der Waals surface area contributed by atoms with E-state index in [1.54, 1.807) is 12.1 Å². The Hall–Kier alpha value is -1.98. The molecule has 0 aliphatic heterocycles. The topological polar surface area (TPSA) is 87.2 Å². The summed E-state index contributed by atoms with van der Waals surface area (Å²) in [7, 11) is 0.534. The van der Waals surface area contributed by atoms with E-state index in [4.69, 9.17) is 4.98 Å². The van der Waals surface area contributed by atoms with Gasteiger partial charge in [0.05, 0.1) is 10.4 Å². The molecule has 4 rings (SSSR count). The van der Waals surface area contributed by atoms with Crippen molar-refractivity contribution in [2.75, 3.05) is 37.4 Å². The van der Waals surface area contributed by atoms with Crippen LogP contribution in [0.3, 0.4) is 0 Å². The fraction of sp³-hybridized carbons (Fsp3) is 0.417. The molecule has 1 aromatic heterocycles. The predicted octanol–water partition coefficient (Wildman–Crippen LogP) is 4.50. The van der Waals surface area contributed by atoms with Crippen LogP contribution in [0.15, 0.2) is 53.4 Å². The van der Waals surface area contributed by atoms with Crippen LogP contribution in [0.5, 0.6) is 0 Å². The lowest BCUT2D eigenvalue weighted by molar-refractivity contribution is 0.284. The number of sulfonamides is 1. The van der Waals surface area contributed by atoms with Gasteiger partial charge in [0.15, 0.2) is 0 Å². The fourth-order valence-electron chi connectivity index (χ4n) is 4.28. The Morgan fingerprint density at radius 1 is 0.939 bits per heavy atom. The van der Waals surface area contributed by atoms with E-state index < -0.39 is 10.0 Å². The van der Waals surface area contributed by atoms with Crippen molar-refractivity contribution in [1.82, 2.24) is 14.7 Å². The van der Waals surface area contributed by atoms with Crippen LogP contribution in [0, 0.1) is 15.4 Å². The lowest BCUT2D eigenvalue weighted by atomic mass is 9.82. The van der Waals surface area contributed by atoms with E-state index in [9.17, 15) is 8.42 Å². The van der Waals surface area contributed by atoms with Crippen molar-refractivity contribution in [2.45, 2.75) is 30.6 Å². The Bertz CT molecular complexity index is 1190. The minimum absolute atomic E-state index is 0.327. The molecular weight excluding hydrogens is 549 g/mol. The number of aromatic nitrogens is 2. The lowest BCUT2D eigenvalue weighted by Gasteiger charge is -2.28. The van der Waals surface area contributed by atoms with Crippen molar-refractivity contribution in [3.05, 3.63) is 52.1 Å². The summed E-state index contributed by atoms with van der Waals surface area (Å²) in [5, 5.41) is 4.48. The number of halogens is 1. The molecule has 1 fully saturated rings. The zero-order valence-corrected chi connectivity index (χ0v) is 21.9. The number of nitrogens with zero attached hydrogens (tertiary/aromatic N) is 3. The molecule has 1 aliphatic rings. The normalized spacial score (nSPS) is 18.9. The number of rotatable bonds is 8. The van der Waals surface area contributed by atoms with Gasteiger partial charge in [0.2, 0.25) is 16.0 Å². The molecule has 0 saturated heterocycles. The summed E-state index contributed by atoms with van der Waals surface area (Å²) >= 11 is 2.17. The highest BCUT2D eigenvalue weighted by Gasteiger charge is 2.23. The third kappa shape index (κ3) is 6.13. The molecule has 0 radical (unpaired) electrons. The van der Waals surface area contributed by atoms with Gasteiger partial charge in [-0.15, -0.1) is 0 Å². The average molecular weight is 580 g/mol. The highest BCUT2D eigenvalue weighted by atomic mass is 127. The van der Waals surface area contributed by atoms with E-state index in [-0.39, 0.29) is 0 Å². The Morgan fingerprint density at radius 3 is 2.24 bits per heavy atom. The van der Waals surface area contributed by atoms with Crippen molar-refractivity contribution in [3.63, 3.8) is 0 Å². The summed E-state index contributed by atoms with van der Waals surface area (Å²) in [6.07, 6.45) is 4.17. The van der Waals surface area contributed by atoms with Gasteiger partial charge in [0.25, 0.3) is 0 Å². The molecule has 0 bridgehead atoms. The summed E-state index contributed by atoms with van der Waals surface area (Å²) in [5.41, 5.74) is 0.933. The minimum atomic E-state index is -3.45. The molecule has 3 aromatic rings. The van der Waals surface area contributed by atoms with Crippen LogP contribution in [-0.4, -0.2) is 45.6 Å². The summed E-state index contributed by atoms with van der Waals surface area (Å²) < 4.78 is 28.9.